The molecule has 0 aliphatic heterocycles. The average Bonchev–Trinajstić information content (AvgIpc) is 3.22. The van der Waals surface area contributed by atoms with Crippen LogP contribution in [0, 0.1) is 20.8 Å². The van der Waals surface area contributed by atoms with E-state index in [1.807, 2.05) is 13.8 Å². The molecule has 4 aromatic rings. The van der Waals surface area contributed by atoms with Gasteiger partial charge in [0.25, 0.3) is 5.89 Å². The molecular formula is C15H14N6O3. The van der Waals surface area contributed by atoms with E-state index in [2.05, 4.69) is 20.4 Å². The lowest BCUT2D eigenvalue weighted by atomic mass is 10.2. The van der Waals surface area contributed by atoms with Crippen LogP contribution in [0.1, 0.15) is 22.8 Å². The Balaban J connectivity index is 1.87. The third kappa shape index (κ3) is 2.13. The van der Waals surface area contributed by atoms with E-state index < -0.39 is 0 Å². The molecule has 0 saturated heterocycles. The Bertz CT molecular complexity index is 1080. The summed E-state index contributed by atoms with van der Waals surface area (Å²) in [6, 6.07) is 3.53. The molecule has 0 unspecified atom stereocenters. The minimum atomic E-state index is -0.261. The van der Waals surface area contributed by atoms with Gasteiger partial charge in [0.15, 0.2) is 11.5 Å². The third-order valence-electron chi connectivity index (χ3n) is 3.86. The van der Waals surface area contributed by atoms with E-state index in [0.29, 0.717) is 28.7 Å². The molecule has 0 bridgehead atoms. The van der Waals surface area contributed by atoms with Crippen LogP contribution in [0.25, 0.3) is 17.1 Å². The molecule has 0 aromatic carbocycles. The summed E-state index contributed by atoms with van der Waals surface area (Å²) in [5.41, 5.74) is 2.38. The van der Waals surface area contributed by atoms with E-state index in [1.165, 1.54) is 9.08 Å². The molecule has 0 N–H and O–H groups in total. The van der Waals surface area contributed by atoms with Crippen molar-refractivity contribution in [1.82, 2.24) is 29.5 Å². The van der Waals surface area contributed by atoms with E-state index in [-0.39, 0.29) is 12.2 Å². The summed E-state index contributed by atoms with van der Waals surface area (Å²) >= 11 is 0. The van der Waals surface area contributed by atoms with Crippen LogP contribution in [-0.4, -0.2) is 29.5 Å². The Morgan fingerprint density at radius 3 is 2.67 bits per heavy atom. The monoisotopic (exact) mass is 326 g/mol. The van der Waals surface area contributed by atoms with Gasteiger partial charge in [-0.25, -0.2) is 13.9 Å². The maximum atomic E-state index is 12.6. The Morgan fingerprint density at radius 2 is 2.00 bits per heavy atom. The van der Waals surface area contributed by atoms with Gasteiger partial charge in [0.2, 0.25) is 0 Å². The Kier molecular flexibility index (Phi) is 3.08. The van der Waals surface area contributed by atoms with Gasteiger partial charge in [0.1, 0.15) is 5.76 Å². The van der Waals surface area contributed by atoms with Crippen molar-refractivity contribution < 1.29 is 9.05 Å². The van der Waals surface area contributed by atoms with Gasteiger partial charge in [-0.1, -0.05) is 10.3 Å². The number of aryl methyl sites for hydroxylation is 3. The molecule has 4 rings (SSSR count). The van der Waals surface area contributed by atoms with E-state index in [9.17, 15) is 4.79 Å². The molecule has 122 valence electrons. The summed E-state index contributed by atoms with van der Waals surface area (Å²) in [7, 11) is 0. The van der Waals surface area contributed by atoms with Gasteiger partial charge < -0.3 is 9.05 Å². The van der Waals surface area contributed by atoms with Crippen LogP contribution in [0.2, 0.25) is 0 Å². The van der Waals surface area contributed by atoms with Crippen LogP contribution in [0.4, 0.5) is 0 Å². The van der Waals surface area contributed by atoms with Crippen molar-refractivity contribution in [3.8, 4) is 11.5 Å². The van der Waals surface area contributed by atoms with Crippen molar-refractivity contribution in [3.05, 3.63) is 51.7 Å². The lowest BCUT2D eigenvalue weighted by Gasteiger charge is -1.98. The van der Waals surface area contributed by atoms with Crippen LogP contribution >= 0.6 is 0 Å². The SMILES string of the molecule is Cc1noc(-c2cccn3c(=O)n(Cc4c(C)noc4C)nc23)n1. The van der Waals surface area contributed by atoms with Gasteiger partial charge in [-0.3, -0.25) is 0 Å². The minimum Gasteiger partial charge on any atom is -0.361 e. The molecule has 0 saturated carbocycles. The first kappa shape index (κ1) is 14.4. The third-order valence-corrected chi connectivity index (χ3v) is 3.86. The Hall–Kier alpha value is -3.23. The average molecular weight is 326 g/mol. The largest absolute Gasteiger partial charge is 0.361 e. The van der Waals surface area contributed by atoms with Crippen LogP contribution < -0.4 is 5.69 Å². The number of hydrogen-bond donors (Lipinski definition) is 0. The van der Waals surface area contributed by atoms with Gasteiger partial charge in [0.05, 0.1) is 17.8 Å². The highest BCUT2D eigenvalue weighted by atomic mass is 16.5. The summed E-state index contributed by atoms with van der Waals surface area (Å²) < 4.78 is 13.2. The van der Waals surface area contributed by atoms with E-state index in [1.54, 1.807) is 25.3 Å². The van der Waals surface area contributed by atoms with Crippen LogP contribution in [0.3, 0.4) is 0 Å². The molecule has 0 atom stereocenters. The van der Waals surface area contributed by atoms with Crippen LogP contribution in [-0.2, 0) is 6.54 Å². The van der Waals surface area contributed by atoms with Gasteiger partial charge in [-0.05, 0) is 32.9 Å². The normalized spacial score (nSPS) is 11.5. The van der Waals surface area contributed by atoms with Crippen LogP contribution in [0.5, 0.6) is 0 Å². The number of pyridine rings is 1. The fraction of sp³-hybridized carbons (Fsp3) is 0.267. The van der Waals surface area contributed by atoms with Gasteiger partial charge in [-0.15, -0.1) is 5.10 Å². The van der Waals surface area contributed by atoms with Crippen molar-refractivity contribution in [2.75, 3.05) is 0 Å². The molecule has 0 amide bonds. The first-order valence-electron chi connectivity index (χ1n) is 7.35. The molecule has 9 heteroatoms. The zero-order valence-electron chi connectivity index (χ0n) is 13.3. The first-order chi connectivity index (χ1) is 11.5. The molecule has 0 aliphatic rings. The molecule has 4 heterocycles. The number of rotatable bonds is 3. The maximum Gasteiger partial charge on any atom is 0.350 e. The summed E-state index contributed by atoms with van der Waals surface area (Å²) in [6.45, 7) is 5.65. The highest BCUT2D eigenvalue weighted by molar-refractivity contribution is 5.70. The van der Waals surface area contributed by atoms with E-state index in [4.69, 9.17) is 9.05 Å². The van der Waals surface area contributed by atoms with E-state index >= 15 is 0 Å². The smallest absolute Gasteiger partial charge is 0.350 e. The second-order valence-electron chi connectivity index (χ2n) is 5.51. The summed E-state index contributed by atoms with van der Waals surface area (Å²) in [4.78, 5) is 16.8. The zero-order chi connectivity index (χ0) is 16.8. The lowest BCUT2D eigenvalue weighted by Crippen LogP contribution is -2.22. The second kappa shape index (κ2) is 5.15. The zero-order valence-corrected chi connectivity index (χ0v) is 13.3. The molecule has 24 heavy (non-hydrogen) atoms. The highest BCUT2D eigenvalue weighted by Crippen LogP contribution is 2.21. The molecular weight excluding hydrogens is 312 g/mol. The fourth-order valence-electron chi connectivity index (χ4n) is 2.59. The molecule has 0 spiro atoms. The predicted molar refractivity (Wildman–Crippen MR) is 82.6 cm³/mol. The molecule has 0 radical (unpaired) electrons. The summed E-state index contributed by atoms with van der Waals surface area (Å²) in [5.74, 6) is 1.52. The fourth-order valence-corrected chi connectivity index (χ4v) is 2.59. The van der Waals surface area contributed by atoms with Gasteiger partial charge in [0, 0.05) is 11.8 Å². The predicted octanol–water partition coefficient (Wildman–Crippen LogP) is 1.51. The van der Waals surface area contributed by atoms with Crippen molar-refractivity contribution in [2.45, 2.75) is 27.3 Å². The maximum absolute atomic E-state index is 12.6. The quantitative estimate of drug-likeness (QED) is 0.562. The summed E-state index contributed by atoms with van der Waals surface area (Å²) in [5, 5.41) is 12.1. The van der Waals surface area contributed by atoms with Crippen LogP contribution in [0.15, 0.2) is 32.2 Å². The van der Waals surface area contributed by atoms with Gasteiger partial charge in [-0.2, -0.15) is 4.98 Å². The highest BCUT2D eigenvalue weighted by Gasteiger charge is 2.18. The van der Waals surface area contributed by atoms with Gasteiger partial charge >= 0.3 is 5.69 Å². The topological polar surface area (TPSA) is 104 Å². The van der Waals surface area contributed by atoms with E-state index in [0.717, 1.165) is 11.3 Å². The number of fused-ring (bicyclic) bond motifs is 1. The molecule has 4 aromatic heterocycles. The summed E-state index contributed by atoms with van der Waals surface area (Å²) in [6.07, 6.45) is 1.65. The second-order valence-corrected chi connectivity index (χ2v) is 5.51. The van der Waals surface area contributed by atoms with Crippen molar-refractivity contribution in [3.63, 3.8) is 0 Å². The Morgan fingerprint density at radius 1 is 1.17 bits per heavy atom. The lowest BCUT2D eigenvalue weighted by molar-refractivity contribution is 0.391. The number of aromatic nitrogens is 6. The number of nitrogens with zero attached hydrogens (tertiary/aromatic N) is 6. The molecule has 0 aliphatic carbocycles. The molecule has 9 nitrogen and oxygen atoms in total. The molecule has 0 fully saturated rings. The number of hydrogen-bond acceptors (Lipinski definition) is 7. The Labute approximate surface area is 135 Å². The first-order valence-corrected chi connectivity index (χ1v) is 7.35. The minimum absolute atomic E-state index is 0.261. The van der Waals surface area contributed by atoms with Crippen molar-refractivity contribution in [2.24, 2.45) is 0 Å². The standard InChI is InChI=1S/C15H14N6O3/c1-8-12(9(2)23-18-8)7-21-15(22)20-6-4-5-11(13(20)17-21)14-16-10(3)19-24-14/h4-6H,7H2,1-3H3. The van der Waals surface area contributed by atoms with Crippen molar-refractivity contribution >= 4 is 5.65 Å². The van der Waals surface area contributed by atoms with Crippen molar-refractivity contribution in [1.29, 1.82) is 0 Å².